The molecule has 0 fully saturated rings. The fourth-order valence-corrected chi connectivity index (χ4v) is 3.11. The van der Waals surface area contributed by atoms with Crippen LogP contribution in [-0.2, 0) is 0 Å². The van der Waals surface area contributed by atoms with Gasteiger partial charge in [0.1, 0.15) is 0 Å². The van der Waals surface area contributed by atoms with Gasteiger partial charge in [0.25, 0.3) is 0 Å². The van der Waals surface area contributed by atoms with Gasteiger partial charge in [0.2, 0.25) is 0 Å². The van der Waals surface area contributed by atoms with E-state index < -0.39 is 23.8 Å². The van der Waals surface area contributed by atoms with Gasteiger partial charge in [0.05, 0.1) is 0 Å². The van der Waals surface area contributed by atoms with Crippen LogP contribution in [0.2, 0.25) is 17.1 Å². The second-order valence-corrected chi connectivity index (χ2v) is 14.0. The third kappa shape index (κ3) is 10.2. The van der Waals surface area contributed by atoms with E-state index in [0.29, 0.717) is 0 Å². The van der Waals surface area contributed by atoms with Crippen molar-refractivity contribution in [3.8, 4) is 0 Å². The summed E-state index contributed by atoms with van der Waals surface area (Å²) in [6.45, 7) is 0. The largest absolute Gasteiger partial charge is 0.222 e. The summed E-state index contributed by atoms with van der Waals surface area (Å²) >= 11 is -1.35. The van der Waals surface area contributed by atoms with Crippen LogP contribution in [0.4, 0.5) is 0 Å². The maximum atomic E-state index is 8.49. The van der Waals surface area contributed by atoms with Gasteiger partial charge in [0.15, 0.2) is 0 Å². The minimum atomic E-state index is -4.94. The standard InChI is InChI=1S/C9H14As.ClHO4/c1-10(2,3)9-7-5-4-6-8-9;2-1(3,4)5/h4-8H,1-3H3;(H,2,3,4,5)/q+1;/p-1. The Morgan fingerprint density at radius 2 is 1.20 bits per heavy atom. The van der Waals surface area contributed by atoms with Crippen LogP contribution in [0, 0.1) is 10.2 Å². The Labute approximate surface area is 94.4 Å². The van der Waals surface area contributed by atoms with E-state index in [1.54, 1.807) is 4.35 Å². The summed E-state index contributed by atoms with van der Waals surface area (Å²) in [6.07, 6.45) is 0. The number of benzene rings is 1. The SMILES string of the molecule is C[As+](C)(C)c1ccccc1.[O-][Cl+3]([O-])([O-])[O-]. The molecule has 0 unspecified atom stereocenters. The average Bonchev–Trinajstić information content (AvgIpc) is 2.01. The fraction of sp³-hybridized carbons (Fsp3) is 0.333. The van der Waals surface area contributed by atoms with Crippen LogP contribution in [0.3, 0.4) is 0 Å². The van der Waals surface area contributed by atoms with Crippen LogP contribution in [0.25, 0.3) is 0 Å². The van der Waals surface area contributed by atoms with Crippen molar-refractivity contribution < 1.29 is 28.9 Å². The first-order chi connectivity index (χ1) is 6.61. The second kappa shape index (κ2) is 5.85. The molecule has 86 valence electrons. The van der Waals surface area contributed by atoms with Crippen LogP contribution in [0.15, 0.2) is 30.3 Å². The second-order valence-electron chi connectivity index (χ2n) is 3.73. The molecule has 0 radical (unpaired) electrons. The van der Waals surface area contributed by atoms with E-state index in [1.807, 2.05) is 0 Å². The molecule has 0 saturated carbocycles. The van der Waals surface area contributed by atoms with E-state index in [0.717, 1.165) is 0 Å². The van der Waals surface area contributed by atoms with E-state index in [2.05, 4.69) is 47.5 Å². The van der Waals surface area contributed by atoms with Crippen molar-refractivity contribution >= 4 is 17.9 Å². The predicted molar refractivity (Wildman–Crippen MR) is 49.4 cm³/mol. The molecule has 0 aliphatic heterocycles. The summed E-state index contributed by atoms with van der Waals surface area (Å²) in [5.41, 5.74) is 7.19. The van der Waals surface area contributed by atoms with Crippen molar-refractivity contribution in [2.75, 3.05) is 0 Å². The third-order valence-electron chi connectivity index (χ3n) is 1.53. The molecule has 1 rings (SSSR count). The van der Waals surface area contributed by atoms with E-state index in [4.69, 9.17) is 18.6 Å². The summed E-state index contributed by atoms with van der Waals surface area (Å²) < 4.78 is 35.5. The van der Waals surface area contributed by atoms with Crippen LogP contribution in [0.5, 0.6) is 0 Å². The Balaban J connectivity index is 0.000000336. The molecule has 0 aliphatic carbocycles. The maximum Gasteiger partial charge on any atom is -0.112 e. The fourth-order valence-electron chi connectivity index (χ4n) is 0.875. The molecular weight excluding hydrogens is 282 g/mol. The molecule has 1 aromatic rings. The van der Waals surface area contributed by atoms with Gasteiger partial charge in [-0.1, -0.05) is 0 Å². The quantitative estimate of drug-likeness (QED) is 0.535. The molecule has 0 aliphatic rings. The Morgan fingerprint density at radius 3 is 1.40 bits per heavy atom. The Hall–Kier alpha value is -0.0916. The van der Waals surface area contributed by atoms with Crippen molar-refractivity contribution in [1.82, 2.24) is 0 Å². The molecule has 0 amide bonds. The van der Waals surface area contributed by atoms with Gasteiger partial charge in [0, 0.05) is 0 Å². The van der Waals surface area contributed by atoms with Crippen LogP contribution in [0.1, 0.15) is 0 Å². The zero-order chi connectivity index (χ0) is 12.1. The first kappa shape index (κ1) is 14.9. The summed E-state index contributed by atoms with van der Waals surface area (Å²) in [5.74, 6) is 0. The van der Waals surface area contributed by atoms with Crippen molar-refractivity contribution in [1.29, 1.82) is 0 Å². The van der Waals surface area contributed by atoms with Gasteiger partial charge >= 0.3 is 65.4 Å². The van der Waals surface area contributed by atoms with Crippen molar-refractivity contribution in [3.63, 3.8) is 0 Å². The zero-order valence-corrected chi connectivity index (χ0v) is 11.5. The predicted octanol–water partition coefficient (Wildman–Crippen LogP) is -2.52. The molecule has 0 atom stereocenters. The first-order valence-electron chi connectivity index (χ1n) is 4.09. The van der Waals surface area contributed by atoms with Crippen molar-refractivity contribution in [2.45, 2.75) is 17.1 Å². The monoisotopic (exact) mass is 296 g/mol. The topological polar surface area (TPSA) is 92.2 Å². The Bertz CT molecular complexity index is 272. The van der Waals surface area contributed by atoms with Crippen LogP contribution in [-0.4, -0.2) is 13.6 Å². The summed E-state index contributed by atoms with van der Waals surface area (Å²) in [6, 6.07) is 10.8. The van der Waals surface area contributed by atoms with Crippen molar-refractivity contribution in [2.24, 2.45) is 0 Å². The van der Waals surface area contributed by atoms with Gasteiger partial charge in [-0.25, -0.2) is 18.6 Å². The maximum absolute atomic E-state index is 8.49. The van der Waals surface area contributed by atoms with E-state index >= 15 is 0 Å². The molecule has 4 nitrogen and oxygen atoms in total. The Kier molecular flexibility index (Phi) is 5.81. The minimum Gasteiger partial charge on any atom is -0.222 e. The smallest absolute Gasteiger partial charge is 0.112 e. The van der Waals surface area contributed by atoms with Crippen molar-refractivity contribution in [3.05, 3.63) is 30.3 Å². The molecule has 0 saturated heterocycles. The number of hydrogen-bond acceptors (Lipinski definition) is 4. The average molecular weight is 297 g/mol. The molecule has 0 heterocycles. The van der Waals surface area contributed by atoms with Gasteiger partial charge in [-0.15, -0.1) is 10.2 Å². The normalized spacial score (nSPS) is 11.7. The number of halogens is 1. The summed E-state index contributed by atoms with van der Waals surface area (Å²) in [7, 11) is -4.94. The summed E-state index contributed by atoms with van der Waals surface area (Å²) in [5, 5.41) is 0. The zero-order valence-electron chi connectivity index (χ0n) is 8.84. The van der Waals surface area contributed by atoms with Gasteiger partial charge < -0.3 is 0 Å². The number of rotatable bonds is 1. The molecule has 15 heavy (non-hydrogen) atoms. The molecule has 0 aromatic heterocycles. The van der Waals surface area contributed by atoms with E-state index in [-0.39, 0.29) is 0 Å². The first-order valence-corrected chi connectivity index (χ1v) is 11.9. The Morgan fingerprint density at radius 1 is 0.867 bits per heavy atom. The molecule has 1 aromatic carbocycles. The van der Waals surface area contributed by atoms with Crippen LogP contribution >= 0.6 is 0 Å². The molecule has 0 spiro atoms. The third-order valence-corrected chi connectivity index (χ3v) is 5.41. The molecule has 0 bridgehead atoms. The minimum absolute atomic E-state index is 1.35. The van der Waals surface area contributed by atoms with E-state index in [9.17, 15) is 0 Å². The summed E-state index contributed by atoms with van der Waals surface area (Å²) in [4.78, 5) is 0. The van der Waals surface area contributed by atoms with E-state index in [1.165, 1.54) is 0 Å². The van der Waals surface area contributed by atoms with Gasteiger partial charge in [-0.05, 0) is 0 Å². The van der Waals surface area contributed by atoms with Gasteiger partial charge in [-0.3, -0.25) is 0 Å². The molecule has 6 heteroatoms. The van der Waals surface area contributed by atoms with Gasteiger partial charge in [-0.2, -0.15) is 0 Å². The van der Waals surface area contributed by atoms with Crippen LogP contribution < -0.4 is 23.0 Å². The number of hydrogen-bond donors (Lipinski definition) is 0. The molecule has 0 N–H and O–H groups in total. The molecular formula is C9H14AsClO4.